The van der Waals surface area contributed by atoms with Gasteiger partial charge in [0.2, 0.25) is 0 Å². The van der Waals surface area contributed by atoms with Crippen LogP contribution in [-0.4, -0.2) is 29.2 Å². The average molecular weight is 392 g/mol. The molecule has 1 aliphatic carbocycles. The fraction of sp³-hybridized carbons (Fsp3) is 0.636. The van der Waals surface area contributed by atoms with Gasteiger partial charge in [-0.1, -0.05) is 32.3 Å². The Kier molecular flexibility index (Phi) is 8.61. The molecule has 1 fully saturated rings. The Morgan fingerprint density at radius 1 is 1.11 bits per heavy atom. The first kappa shape index (κ1) is 22.1. The maximum Gasteiger partial charge on any atom is 0.306 e. The van der Waals surface area contributed by atoms with Gasteiger partial charge in [0.15, 0.2) is 5.60 Å². The van der Waals surface area contributed by atoms with Gasteiger partial charge >= 0.3 is 5.97 Å². The number of carbonyl (C=O) groups is 2. The third-order valence-corrected chi connectivity index (χ3v) is 5.10. The SMILES string of the molecule is CCCCCCc1ccc(O)cc1OCCCCCC(=O)OC1(C(N)=O)CC1. The molecule has 0 bridgehead atoms. The maximum absolute atomic E-state index is 11.8. The van der Waals surface area contributed by atoms with Crippen molar-refractivity contribution in [1.29, 1.82) is 0 Å². The lowest BCUT2D eigenvalue weighted by atomic mass is 10.1. The zero-order chi connectivity index (χ0) is 20.4. The van der Waals surface area contributed by atoms with Crippen molar-refractivity contribution >= 4 is 11.9 Å². The van der Waals surface area contributed by atoms with Gasteiger partial charge < -0.3 is 20.3 Å². The van der Waals surface area contributed by atoms with Gasteiger partial charge in [0, 0.05) is 25.3 Å². The molecule has 0 heterocycles. The van der Waals surface area contributed by atoms with Gasteiger partial charge in [0.25, 0.3) is 5.91 Å². The van der Waals surface area contributed by atoms with Gasteiger partial charge in [-0.05, 0) is 43.7 Å². The van der Waals surface area contributed by atoms with E-state index in [-0.39, 0.29) is 18.1 Å². The highest BCUT2D eigenvalue weighted by molar-refractivity contribution is 5.89. The quantitative estimate of drug-likeness (QED) is 0.369. The van der Waals surface area contributed by atoms with Gasteiger partial charge in [-0.25, -0.2) is 0 Å². The molecule has 0 unspecified atom stereocenters. The van der Waals surface area contributed by atoms with E-state index in [1.807, 2.05) is 6.07 Å². The summed E-state index contributed by atoms with van der Waals surface area (Å²) in [6.07, 6.45) is 9.36. The number of phenols is 1. The Morgan fingerprint density at radius 3 is 2.54 bits per heavy atom. The van der Waals surface area contributed by atoms with Crippen molar-refractivity contribution in [2.75, 3.05) is 6.61 Å². The van der Waals surface area contributed by atoms with Gasteiger partial charge in [-0.15, -0.1) is 0 Å². The molecule has 3 N–H and O–H groups in total. The van der Waals surface area contributed by atoms with E-state index >= 15 is 0 Å². The summed E-state index contributed by atoms with van der Waals surface area (Å²) in [4.78, 5) is 23.0. The Labute approximate surface area is 167 Å². The monoisotopic (exact) mass is 391 g/mol. The largest absolute Gasteiger partial charge is 0.508 e. The van der Waals surface area contributed by atoms with Crippen LogP contribution in [0, 0.1) is 0 Å². The molecule has 1 aromatic carbocycles. The van der Waals surface area contributed by atoms with Crippen LogP contribution in [0.2, 0.25) is 0 Å². The molecule has 6 heteroatoms. The number of rotatable bonds is 14. The number of carbonyl (C=O) groups excluding carboxylic acids is 2. The summed E-state index contributed by atoms with van der Waals surface area (Å²) < 4.78 is 11.1. The van der Waals surface area contributed by atoms with Gasteiger partial charge in [-0.2, -0.15) is 0 Å². The second-order valence-corrected chi connectivity index (χ2v) is 7.59. The van der Waals surface area contributed by atoms with Gasteiger partial charge in [0.1, 0.15) is 11.5 Å². The Morgan fingerprint density at radius 2 is 1.86 bits per heavy atom. The van der Waals surface area contributed by atoms with Gasteiger partial charge in [0.05, 0.1) is 6.61 Å². The lowest BCUT2D eigenvalue weighted by molar-refractivity contribution is -0.157. The van der Waals surface area contributed by atoms with Crippen molar-refractivity contribution in [2.45, 2.75) is 83.2 Å². The molecular weight excluding hydrogens is 358 g/mol. The number of hydrogen-bond acceptors (Lipinski definition) is 5. The second-order valence-electron chi connectivity index (χ2n) is 7.59. The minimum absolute atomic E-state index is 0.207. The first-order valence-electron chi connectivity index (χ1n) is 10.4. The van der Waals surface area contributed by atoms with Crippen molar-refractivity contribution in [3.8, 4) is 11.5 Å². The van der Waals surface area contributed by atoms with Crippen LogP contribution >= 0.6 is 0 Å². The van der Waals surface area contributed by atoms with Crippen LogP contribution in [-0.2, 0) is 20.7 Å². The molecule has 0 aromatic heterocycles. The summed E-state index contributed by atoms with van der Waals surface area (Å²) in [6, 6.07) is 5.30. The summed E-state index contributed by atoms with van der Waals surface area (Å²) in [5.41, 5.74) is 5.35. The molecular formula is C22H33NO5. The van der Waals surface area contributed by atoms with Crippen molar-refractivity contribution in [2.24, 2.45) is 5.73 Å². The normalized spacial score (nSPS) is 14.5. The highest BCUT2D eigenvalue weighted by Crippen LogP contribution is 2.39. The molecule has 28 heavy (non-hydrogen) atoms. The number of benzene rings is 1. The van der Waals surface area contributed by atoms with Crippen LogP contribution in [0.4, 0.5) is 0 Å². The van der Waals surface area contributed by atoms with E-state index in [2.05, 4.69) is 6.92 Å². The van der Waals surface area contributed by atoms with Crippen LogP contribution in [0.1, 0.15) is 76.7 Å². The van der Waals surface area contributed by atoms with Crippen molar-refractivity contribution < 1.29 is 24.2 Å². The third kappa shape index (κ3) is 7.06. The second kappa shape index (κ2) is 10.9. The lowest BCUT2D eigenvalue weighted by Crippen LogP contribution is -2.35. The maximum atomic E-state index is 11.8. The lowest BCUT2D eigenvalue weighted by Gasteiger charge is -2.13. The van der Waals surface area contributed by atoms with E-state index in [9.17, 15) is 14.7 Å². The van der Waals surface area contributed by atoms with Crippen LogP contribution in [0.5, 0.6) is 11.5 Å². The molecule has 0 spiro atoms. The Balaban J connectivity index is 1.64. The molecule has 6 nitrogen and oxygen atoms in total. The summed E-state index contributed by atoms with van der Waals surface area (Å²) >= 11 is 0. The number of phenolic OH excluding ortho intramolecular Hbond substituents is 1. The topological polar surface area (TPSA) is 98.8 Å². The fourth-order valence-corrected chi connectivity index (χ4v) is 3.14. The highest BCUT2D eigenvalue weighted by atomic mass is 16.6. The number of ether oxygens (including phenoxy) is 2. The van der Waals surface area contributed by atoms with E-state index in [4.69, 9.17) is 15.2 Å². The first-order valence-corrected chi connectivity index (χ1v) is 10.4. The fourth-order valence-electron chi connectivity index (χ4n) is 3.14. The number of hydrogen-bond donors (Lipinski definition) is 2. The number of aromatic hydroxyl groups is 1. The molecule has 1 aliphatic rings. The average Bonchev–Trinajstić information content (AvgIpc) is 3.44. The van der Waals surface area contributed by atoms with Crippen molar-refractivity contribution in [3.05, 3.63) is 23.8 Å². The number of amides is 1. The Hall–Kier alpha value is -2.24. The minimum atomic E-state index is -1.02. The standard InChI is InChI=1S/C22H33NO5/c1-2-3-4-6-9-17-11-12-18(24)16-19(17)27-15-8-5-7-10-20(25)28-22(13-14-22)21(23)26/h11-12,16,24H,2-10,13-15H2,1H3,(H2,23,26). The Bertz CT molecular complexity index is 654. The highest BCUT2D eigenvalue weighted by Gasteiger charge is 2.52. The molecule has 2 rings (SSSR count). The minimum Gasteiger partial charge on any atom is -0.508 e. The number of nitrogens with two attached hydrogens (primary N) is 1. The van der Waals surface area contributed by atoms with Gasteiger partial charge in [-0.3, -0.25) is 9.59 Å². The summed E-state index contributed by atoms with van der Waals surface area (Å²) in [5.74, 6) is 0.0389. The molecule has 1 aromatic rings. The first-order chi connectivity index (χ1) is 13.5. The molecule has 1 saturated carbocycles. The number of primary amides is 1. The predicted octanol–water partition coefficient (Wildman–Crippen LogP) is 4.02. The number of unbranched alkanes of at least 4 members (excludes halogenated alkanes) is 5. The third-order valence-electron chi connectivity index (χ3n) is 5.10. The van der Waals surface area contributed by atoms with E-state index in [0.29, 0.717) is 25.9 Å². The molecule has 0 radical (unpaired) electrons. The summed E-state index contributed by atoms with van der Waals surface area (Å²) in [7, 11) is 0. The number of aryl methyl sites for hydroxylation is 1. The molecule has 0 saturated heterocycles. The van der Waals surface area contributed by atoms with E-state index in [1.165, 1.54) is 19.3 Å². The van der Waals surface area contributed by atoms with E-state index in [0.717, 1.165) is 37.0 Å². The predicted molar refractivity (Wildman–Crippen MR) is 107 cm³/mol. The number of esters is 1. The van der Waals surface area contributed by atoms with Crippen LogP contribution in [0.15, 0.2) is 18.2 Å². The molecule has 1 amide bonds. The van der Waals surface area contributed by atoms with Crippen LogP contribution in [0.3, 0.4) is 0 Å². The van der Waals surface area contributed by atoms with E-state index < -0.39 is 11.5 Å². The molecule has 0 atom stereocenters. The van der Waals surface area contributed by atoms with Crippen molar-refractivity contribution in [1.82, 2.24) is 0 Å². The van der Waals surface area contributed by atoms with Crippen molar-refractivity contribution in [3.63, 3.8) is 0 Å². The summed E-state index contributed by atoms with van der Waals surface area (Å²) in [6.45, 7) is 2.72. The van der Waals surface area contributed by atoms with Crippen LogP contribution < -0.4 is 10.5 Å². The smallest absolute Gasteiger partial charge is 0.306 e. The molecule has 0 aliphatic heterocycles. The zero-order valence-corrected chi connectivity index (χ0v) is 16.9. The summed E-state index contributed by atoms with van der Waals surface area (Å²) in [5, 5.41) is 9.72. The zero-order valence-electron chi connectivity index (χ0n) is 16.9. The van der Waals surface area contributed by atoms with E-state index in [1.54, 1.807) is 12.1 Å². The molecule has 156 valence electrons. The van der Waals surface area contributed by atoms with Crippen LogP contribution in [0.25, 0.3) is 0 Å².